The lowest BCUT2D eigenvalue weighted by molar-refractivity contribution is 0.112. The Balaban J connectivity index is 1.75. The molecule has 1 aliphatic rings. The number of aliphatic hydroxyl groups is 1. The highest BCUT2D eigenvalue weighted by atomic mass is 16.3. The highest BCUT2D eigenvalue weighted by Gasteiger charge is 2.21. The van der Waals surface area contributed by atoms with Gasteiger partial charge in [0.1, 0.15) is 0 Å². The van der Waals surface area contributed by atoms with Crippen LogP contribution in [0.4, 0.5) is 0 Å². The van der Waals surface area contributed by atoms with Crippen LogP contribution in [0.3, 0.4) is 0 Å². The minimum atomic E-state index is 0.287. The molecule has 1 N–H and O–H groups in total. The Bertz CT molecular complexity index is 583. The summed E-state index contributed by atoms with van der Waals surface area (Å²) in [7, 11) is 0. The first-order valence-corrected chi connectivity index (χ1v) is 8.22. The Morgan fingerprint density at radius 1 is 1.14 bits per heavy atom. The van der Waals surface area contributed by atoms with Gasteiger partial charge in [0.25, 0.3) is 0 Å². The molecule has 22 heavy (non-hydrogen) atoms. The van der Waals surface area contributed by atoms with Crippen LogP contribution in [-0.2, 0) is 6.54 Å². The van der Waals surface area contributed by atoms with Crippen molar-refractivity contribution in [3.05, 3.63) is 54.2 Å². The van der Waals surface area contributed by atoms with Gasteiger partial charge >= 0.3 is 0 Å². The van der Waals surface area contributed by atoms with E-state index < -0.39 is 0 Å². The number of pyridine rings is 1. The summed E-state index contributed by atoms with van der Waals surface area (Å²) in [6.45, 7) is 2.39. The summed E-state index contributed by atoms with van der Waals surface area (Å²) in [5, 5.41) is 9.26. The van der Waals surface area contributed by atoms with Gasteiger partial charge in [-0.1, -0.05) is 30.7 Å². The third kappa shape index (κ3) is 3.73. The van der Waals surface area contributed by atoms with Crippen LogP contribution < -0.4 is 0 Å². The summed E-state index contributed by atoms with van der Waals surface area (Å²) >= 11 is 0. The van der Waals surface area contributed by atoms with Gasteiger partial charge in [0.05, 0.1) is 5.69 Å². The number of hydrogen-bond acceptors (Lipinski definition) is 3. The molecule has 0 saturated carbocycles. The Hall–Kier alpha value is -1.71. The molecular formula is C19H24N2O. The van der Waals surface area contributed by atoms with Crippen molar-refractivity contribution in [3.63, 3.8) is 0 Å². The maximum atomic E-state index is 9.26. The van der Waals surface area contributed by atoms with Crippen molar-refractivity contribution < 1.29 is 5.11 Å². The lowest BCUT2D eigenvalue weighted by atomic mass is 9.98. The van der Waals surface area contributed by atoms with E-state index in [9.17, 15) is 5.11 Å². The normalized spacial score (nSPS) is 19.2. The Labute approximate surface area is 132 Å². The summed E-state index contributed by atoms with van der Waals surface area (Å²) in [6.07, 6.45) is 6.49. The van der Waals surface area contributed by atoms with Crippen LogP contribution in [0.1, 0.15) is 31.2 Å². The summed E-state index contributed by atoms with van der Waals surface area (Å²) < 4.78 is 0. The van der Waals surface area contributed by atoms with Crippen molar-refractivity contribution >= 4 is 0 Å². The van der Waals surface area contributed by atoms with E-state index >= 15 is 0 Å². The van der Waals surface area contributed by atoms with E-state index in [1.165, 1.54) is 30.4 Å². The van der Waals surface area contributed by atoms with Crippen molar-refractivity contribution in [1.82, 2.24) is 9.88 Å². The molecule has 1 unspecified atom stereocenters. The van der Waals surface area contributed by atoms with Crippen LogP contribution in [0.25, 0.3) is 11.3 Å². The first-order valence-electron chi connectivity index (χ1n) is 8.22. The number of piperidine rings is 1. The predicted molar refractivity (Wildman–Crippen MR) is 89.4 cm³/mol. The Morgan fingerprint density at radius 2 is 2.09 bits per heavy atom. The van der Waals surface area contributed by atoms with Crippen LogP contribution in [0.5, 0.6) is 0 Å². The zero-order chi connectivity index (χ0) is 15.2. The summed E-state index contributed by atoms with van der Waals surface area (Å²) in [4.78, 5) is 6.96. The van der Waals surface area contributed by atoms with Gasteiger partial charge in [0.2, 0.25) is 0 Å². The topological polar surface area (TPSA) is 36.4 Å². The largest absolute Gasteiger partial charge is 0.396 e. The highest BCUT2D eigenvalue weighted by molar-refractivity contribution is 5.59. The SMILES string of the molecule is OCCC1CCCCN1Cc1cccc(-c2ccccn2)c1. The minimum Gasteiger partial charge on any atom is -0.396 e. The van der Waals surface area contributed by atoms with E-state index in [4.69, 9.17) is 0 Å². The van der Waals surface area contributed by atoms with Crippen LogP contribution in [0.2, 0.25) is 0 Å². The lowest BCUT2D eigenvalue weighted by Crippen LogP contribution is -2.39. The maximum absolute atomic E-state index is 9.26. The molecule has 1 aromatic heterocycles. The van der Waals surface area contributed by atoms with E-state index in [0.717, 1.165) is 25.2 Å². The van der Waals surface area contributed by atoms with Gasteiger partial charge in [-0.25, -0.2) is 0 Å². The van der Waals surface area contributed by atoms with Gasteiger partial charge in [-0.2, -0.15) is 0 Å². The number of likely N-dealkylation sites (tertiary alicyclic amines) is 1. The molecule has 2 heterocycles. The highest BCUT2D eigenvalue weighted by Crippen LogP contribution is 2.24. The molecule has 0 bridgehead atoms. The van der Waals surface area contributed by atoms with Crippen LogP contribution in [0, 0.1) is 0 Å². The van der Waals surface area contributed by atoms with Crippen LogP contribution in [-0.4, -0.2) is 34.2 Å². The van der Waals surface area contributed by atoms with Gasteiger partial charge < -0.3 is 5.11 Å². The molecule has 0 radical (unpaired) electrons. The maximum Gasteiger partial charge on any atom is 0.0702 e. The zero-order valence-electron chi connectivity index (χ0n) is 13.0. The molecule has 2 aromatic rings. The first-order chi connectivity index (χ1) is 10.9. The molecule has 0 amide bonds. The number of hydrogen-bond donors (Lipinski definition) is 1. The van der Waals surface area contributed by atoms with Crippen molar-refractivity contribution in [3.8, 4) is 11.3 Å². The zero-order valence-corrected chi connectivity index (χ0v) is 13.0. The third-order valence-corrected chi connectivity index (χ3v) is 4.48. The molecule has 3 rings (SSSR count). The van der Waals surface area contributed by atoms with Gasteiger partial charge in [0, 0.05) is 31.0 Å². The molecule has 3 nitrogen and oxygen atoms in total. The molecule has 1 aromatic carbocycles. The van der Waals surface area contributed by atoms with E-state index in [-0.39, 0.29) is 6.61 Å². The van der Waals surface area contributed by atoms with Gasteiger partial charge in [-0.05, 0) is 49.6 Å². The fourth-order valence-electron chi connectivity index (χ4n) is 3.34. The molecule has 1 saturated heterocycles. The van der Waals surface area contributed by atoms with Gasteiger partial charge in [0.15, 0.2) is 0 Å². The third-order valence-electron chi connectivity index (χ3n) is 4.48. The Kier molecular flexibility index (Phi) is 5.20. The van der Waals surface area contributed by atoms with Gasteiger partial charge in [-0.15, -0.1) is 0 Å². The number of nitrogens with zero attached hydrogens (tertiary/aromatic N) is 2. The molecule has 116 valence electrons. The average molecular weight is 296 g/mol. The second-order valence-electron chi connectivity index (χ2n) is 6.05. The van der Waals surface area contributed by atoms with Crippen LogP contribution >= 0.6 is 0 Å². The minimum absolute atomic E-state index is 0.287. The van der Waals surface area contributed by atoms with Crippen LogP contribution in [0.15, 0.2) is 48.7 Å². The fourth-order valence-corrected chi connectivity index (χ4v) is 3.34. The van der Waals surface area contributed by atoms with Crippen molar-refractivity contribution in [1.29, 1.82) is 0 Å². The molecule has 0 spiro atoms. The van der Waals surface area contributed by atoms with E-state index in [0.29, 0.717) is 6.04 Å². The standard InChI is InChI=1S/C19H24N2O/c22-13-10-18-8-2-4-12-21(18)15-16-6-5-7-17(14-16)19-9-1-3-11-20-19/h1,3,5-7,9,11,14,18,22H,2,4,8,10,12-13,15H2. The van der Waals surface area contributed by atoms with E-state index in [1.807, 2.05) is 18.3 Å². The second kappa shape index (κ2) is 7.52. The molecule has 0 aliphatic carbocycles. The molecule has 1 atom stereocenters. The molecular weight excluding hydrogens is 272 g/mol. The average Bonchev–Trinajstić information content (AvgIpc) is 2.58. The second-order valence-corrected chi connectivity index (χ2v) is 6.05. The molecule has 1 fully saturated rings. The number of aliphatic hydroxyl groups excluding tert-OH is 1. The first kappa shape index (κ1) is 15.2. The predicted octanol–water partition coefficient (Wildman–Crippen LogP) is 3.49. The van der Waals surface area contributed by atoms with Crippen molar-refractivity contribution in [2.45, 2.75) is 38.3 Å². The summed E-state index contributed by atoms with van der Waals surface area (Å²) in [5.74, 6) is 0. The smallest absolute Gasteiger partial charge is 0.0702 e. The van der Waals surface area contributed by atoms with Crippen molar-refractivity contribution in [2.24, 2.45) is 0 Å². The summed E-state index contributed by atoms with van der Waals surface area (Å²) in [5.41, 5.74) is 3.52. The monoisotopic (exact) mass is 296 g/mol. The van der Waals surface area contributed by atoms with E-state index in [1.54, 1.807) is 0 Å². The molecule has 1 aliphatic heterocycles. The quantitative estimate of drug-likeness (QED) is 0.917. The van der Waals surface area contributed by atoms with E-state index in [2.05, 4.69) is 40.2 Å². The lowest BCUT2D eigenvalue weighted by Gasteiger charge is -2.35. The fraction of sp³-hybridized carbons (Fsp3) is 0.421. The summed E-state index contributed by atoms with van der Waals surface area (Å²) in [6, 6.07) is 15.2. The number of rotatable bonds is 5. The molecule has 3 heteroatoms. The number of aromatic nitrogens is 1. The number of benzene rings is 1. The van der Waals surface area contributed by atoms with Gasteiger partial charge in [-0.3, -0.25) is 9.88 Å². The Morgan fingerprint density at radius 3 is 2.91 bits per heavy atom. The van der Waals surface area contributed by atoms with Crippen molar-refractivity contribution in [2.75, 3.05) is 13.2 Å².